The van der Waals surface area contributed by atoms with Crippen LogP contribution in [0.3, 0.4) is 0 Å². The third kappa shape index (κ3) is 2.57. The van der Waals surface area contributed by atoms with E-state index in [2.05, 4.69) is 111 Å². The first kappa shape index (κ1) is 21.8. The second-order valence-corrected chi connectivity index (χ2v) is 11.0. The Morgan fingerprint density at radius 2 is 1.19 bits per heavy atom. The number of aromatic nitrogens is 4. The van der Waals surface area contributed by atoms with Gasteiger partial charge in [0.05, 0.1) is 33.1 Å². The standard InChI is InChI=1S/C37H19N5/c38-20-33-39-28-14-6-3-12-24(28)37(40-33)42-31-18-22-10-2-1-9-21(22)17-27(31)34-32(42)19-26-23-11-4-7-15-29(23)41-30-16-8-5-13-25(30)35(34)36(26)41/h1-19H. The fourth-order valence-corrected chi connectivity index (χ4v) is 7.21. The molecule has 4 heterocycles. The number of fused-ring (bicyclic) bond motifs is 12. The minimum atomic E-state index is 0.159. The summed E-state index contributed by atoms with van der Waals surface area (Å²) in [5.74, 6) is 0.876. The van der Waals surface area contributed by atoms with Gasteiger partial charge in [-0.3, -0.25) is 4.57 Å². The first-order chi connectivity index (χ1) is 20.8. The Bertz CT molecular complexity index is 2810. The highest BCUT2D eigenvalue weighted by Gasteiger charge is 2.25. The van der Waals surface area contributed by atoms with Crippen LogP contribution in [0.1, 0.15) is 5.82 Å². The molecule has 0 atom stereocenters. The lowest BCUT2D eigenvalue weighted by Crippen LogP contribution is -2.03. The number of hydrogen-bond donors (Lipinski definition) is 0. The zero-order valence-electron chi connectivity index (χ0n) is 22.2. The first-order valence-corrected chi connectivity index (χ1v) is 14.0. The molecule has 0 fully saturated rings. The summed E-state index contributed by atoms with van der Waals surface area (Å²) in [5, 5.41) is 20.4. The van der Waals surface area contributed by atoms with E-state index in [1.807, 2.05) is 24.3 Å². The normalized spacial score (nSPS) is 12.3. The van der Waals surface area contributed by atoms with Gasteiger partial charge in [0, 0.05) is 37.7 Å². The van der Waals surface area contributed by atoms with Crippen molar-refractivity contribution < 1.29 is 0 Å². The van der Waals surface area contributed by atoms with E-state index in [1.165, 1.54) is 48.9 Å². The quantitative estimate of drug-likeness (QED) is 0.212. The largest absolute Gasteiger partial charge is 0.308 e. The molecule has 0 aliphatic carbocycles. The number of nitriles is 1. The second-order valence-electron chi connectivity index (χ2n) is 11.0. The van der Waals surface area contributed by atoms with Gasteiger partial charge in [-0.2, -0.15) is 5.26 Å². The Balaban J connectivity index is 1.56. The van der Waals surface area contributed by atoms with Crippen LogP contribution in [0.5, 0.6) is 0 Å². The molecule has 0 unspecified atom stereocenters. The van der Waals surface area contributed by atoms with Crippen LogP contribution in [0, 0.1) is 11.3 Å². The molecule has 0 saturated carbocycles. The highest BCUT2D eigenvalue weighted by atomic mass is 15.1. The molecule has 192 valence electrons. The molecule has 6 aromatic carbocycles. The summed E-state index contributed by atoms with van der Waals surface area (Å²) in [6.07, 6.45) is 0. The Morgan fingerprint density at radius 3 is 2.00 bits per heavy atom. The molecule has 0 amide bonds. The number of hydrogen-bond acceptors (Lipinski definition) is 3. The van der Waals surface area contributed by atoms with Gasteiger partial charge in [0.2, 0.25) is 5.82 Å². The molecule has 0 aliphatic rings. The minimum absolute atomic E-state index is 0.159. The summed E-state index contributed by atoms with van der Waals surface area (Å²) in [6.45, 7) is 0. The maximum Gasteiger partial charge on any atom is 0.234 e. The third-order valence-corrected chi connectivity index (χ3v) is 8.86. The molecule has 0 bridgehead atoms. The van der Waals surface area contributed by atoms with Gasteiger partial charge in [-0.25, -0.2) is 9.97 Å². The van der Waals surface area contributed by atoms with Gasteiger partial charge in [0.25, 0.3) is 0 Å². The van der Waals surface area contributed by atoms with Crippen molar-refractivity contribution in [3.8, 4) is 11.9 Å². The van der Waals surface area contributed by atoms with Crippen LogP contribution in [0.4, 0.5) is 0 Å². The summed E-state index contributed by atoms with van der Waals surface area (Å²) in [4.78, 5) is 9.41. The average Bonchev–Trinajstić information content (AvgIpc) is 3.67. The summed E-state index contributed by atoms with van der Waals surface area (Å²) in [6, 6.07) is 42.9. The summed E-state index contributed by atoms with van der Waals surface area (Å²) < 4.78 is 4.68. The fourth-order valence-electron chi connectivity index (χ4n) is 7.21. The van der Waals surface area contributed by atoms with Gasteiger partial charge in [0.15, 0.2) is 0 Å². The first-order valence-electron chi connectivity index (χ1n) is 14.0. The van der Waals surface area contributed by atoms with Crippen molar-refractivity contribution in [3.63, 3.8) is 0 Å². The van der Waals surface area contributed by atoms with Crippen molar-refractivity contribution in [2.24, 2.45) is 0 Å². The zero-order valence-corrected chi connectivity index (χ0v) is 22.2. The maximum absolute atomic E-state index is 9.93. The molecule has 0 radical (unpaired) electrons. The highest BCUT2D eigenvalue weighted by molar-refractivity contribution is 6.36. The predicted molar refractivity (Wildman–Crippen MR) is 171 cm³/mol. The Morgan fingerprint density at radius 1 is 0.524 bits per heavy atom. The average molecular weight is 534 g/mol. The van der Waals surface area contributed by atoms with Gasteiger partial charge in [0.1, 0.15) is 11.9 Å². The monoisotopic (exact) mass is 533 g/mol. The van der Waals surface area contributed by atoms with Crippen LogP contribution in [0.25, 0.3) is 87.4 Å². The smallest absolute Gasteiger partial charge is 0.234 e. The molecule has 10 rings (SSSR count). The van der Waals surface area contributed by atoms with Crippen LogP contribution in [-0.2, 0) is 0 Å². The molecule has 5 heteroatoms. The second kappa shape index (κ2) is 7.60. The molecular formula is C37H19N5. The van der Waals surface area contributed by atoms with E-state index in [-0.39, 0.29) is 5.82 Å². The summed E-state index contributed by atoms with van der Waals surface area (Å²) in [5.41, 5.74) is 6.51. The van der Waals surface area contributed by atoms with Crippen molar-refractivity contribution in [3.05, 3.63) is 121 Å². The summed E-state index contributed by atoms with van der Waals surface area (Å²) >= 11 is 0. The fraction of sp³-hybridized carbons (Fsp3) is 0. The molecule has 0 aliphatic heterocycles. The van der Waals surface area contributed by atoms with E-state index < -0.39 is 0 Å². The van der Waals surface area contributed by atoms with Crippen LogP contribution in [0.2, 0.25) is 0 Å². The molecule has 0 spiro atoms. The van der Waals surface area contributed by atoms with E-state index >= 15 is 0 Å². The van der Waals surface area contributed by atoms with E-state index in [4.69, 9.17) is 4.98 Å². The number of rotatable bonds is 1. The van der Waals surface area contributed by atoms with Crippen LogP contribution >= 0.6 is 0 Å². The lowest BCUT2D eigenvalue weighted by molar-refractivity contribution is 1.05. The number of benzene rings is 6. The van der Waals surface area contributed by atoms with Crippen molar-refractivity contribution in [1.82, 2.24) is 18.9 Å². The van der Waals surface area contributed by atoms with Crippen molar-refractivity contribution >= 4 is 81.6 Å². The van der Waals surface area contributed by atoms with Crippen molar-refractivity contribution in [1.29, 1.82) is 5.26 Å². The minimum Gasteiger partial charge on any atom is -0.308 e. The predicted octanol–water partition coefficient (Wildman–Crippen LogP) is 8.90. The summed E-state index contributed by atoms with van der Waals surface area (Å²) in [7, 11) is 0. The molecule has 4 aromatic heterocycles. The van der Waals surface area contributed by atoms with Crippen LogP contribution in [-0.4, -0.2) is 18.9 Å². The lowest BCUT2D eigenvalue weighted by Gasteiger charge is -2.11. The molecule has 0 saturated heterocycles. The molecule has 10 aromatic rings. The highest BCUT2D eigenvalue weighted by Crippen LogP contribution is 2.47. The van der Waals surface area contributed by atoms with Gasteiger partial charge in [-0.05, 0) is 53.2 Å². The van der Waals surface area contributed by atoms with Crippen molar-refractivity contribution in [2.75, 3.05) is 0 Å². The number of nitrogens with zero attached hydrogens (tertiary/aromatic N) is 5. The molecule has 42 heavy (non-hydrogen) atoms. The van der Waals surface area contributed by atoms with Crippen LogP contribution in [0.15, 0.2) is 115 Å². The number of para-hydroxylation sites is 3. The Labute approximate surface area is 238 Å². The molecular weight excluding hydrogens is 514 g/mol. The van der Waals surface area contributed by atoms with E-state index in [9.17, 15) is 5.26 Å². The van der Waals surface area contributed by atoms with Gasteiger partial charge in [-0.15, -0.1) is 0 Å². The van der Waals surface area contributed by atoms with Gasteiger partial charge < -0.3 is 4.40 Å². The van der Waals surface area contributed by atoms with E-state index in [0.29, 0.717) is 5.82 Å². The third-order valence-electron chi connectivity index (χ3n) is 8.86. The Kier molecular flexibility index (Phi) is 3.94. The topological polar surface area (TPSA) is 58.9 Å². The maximum atomic E-state index is 9.93. The van der Waals surface area contributed by atoms with Gasteiger partial charge >= 0.3 is 0 Å². The van der Waals surface area contributed by atoms with Crippen molar-refractivity contribution in [2.45, 2.75) is 0 Å². The van der Waals surface area contributed by atoms with Gasteiger partial charge in [-0.1, -0.05) is 72.8 Å². The van der Waals surface area contributed by atoms with Crippen LogP contribution < -0.4 is 0 Å². The molecule has 5 nitrogen and oxygen atoms in total. The Hall–Kier alpha value is -5.99. The zero-order chi connectivity index (χ0) is 27.5. The lowest BCUT2D eigenvalue weighted by atomic mass is 10.0. The molecule has 0 N–H and O–H groups in total. The van der Waals surface area contributed by atoms with E-state index in [1.54, 1.807) is 0 Å². The SMILES string of the molecule is N#Cc1nc(-n2c3cc4ccccc4cc3c3c4c5ccccc5n5c6ccccc6c(cc32)c45)c2ccccc2n1. The van der Waals surface area contributed by atoms with E-state index in [0.717, 1.165) is 32.7 Å².